The quantitative estimate of drug-likeness (QED) is 0.501. The molecule has 0 unspecified atom stereocenters. The molecule has 28 heavy (non-hydrogen) atoms. The number of hydrogen-bond donors (Lipinski definition) is 1. The highest BCUT2D eigenvalue weighted by Crippen LogP contribution is 2.24. The molecule has 0 bridgehead atoms. The Morgan fingerprint density at radius 3 is 2.61 bits per heavy atom. The molecule has 4 aromatic rings. The zero-order valence-electron chi connectivity index (χ0n) is 16.1. The lowest BCUT2D eigenvalue weighted by molar-refractivity contribution is 0.785. The van der Waals surface area contributed by atoms with E-state index in [-0.39, 0.29) is 0 Å². The smallest absolute Gasteiger partial charge is 0.164 e. The van der Waals surface area contributed by atoms with E-state index < -0.39 is 0 Å². The molecule has 0 fully saturated rings. The Morgan fingerprint density at radius 2 is 1.82 bits per heavy atom. The van der Waals surface area contributed by atoms with Crippen LogP contribution in [0.4, 0.5) is 11.5 Å². The number of pyridine rings is 1. The second-order valence-corrected chi connectivity index (χ2v) is 6.67. The number of aromatic nitrogens is 5. The molecule has 1 aromatic carbocycles. The molecule has 142 valence electrons. The molecule has 1 N–H and O–H groups in total. The number of nitrogens with zero attached hydrogens (tertiary/aromatic N) is 6. The predicted molar refractivity (Wildman–Crippen MR) is 112 cm³/mol. The van der Waals surface area contributed by atoms with Gasteiger partial charge in [0, 0.05) is 50.8 Å². The van der Waals surface area contributed by atoms with Crippen LogP contribution in [0.5, 0.6) is 0 Å². The Labute approximate surface area is 164 Å². The first-order chi connectivity index (χ1) is 13.7. The van der Waals surface area contributed by atoms with E-state index in [1.54, 1.807) is 17.1 Å². The molecule has 0 spiro atoms. The van der Waals surface area contributed by atoms with E-state index in [1.165, 1.54) is 5.69 Å². The number of nitrogens with one attached hydrogen (secondary N) is 1. The van der Waals surface area contributed by atoms with Crippen molar-refractivity contribution in [2.75, 3.05) is 30.4 Å². The molecule has 0 atom stereocenters. The lowest BCUT2D eigenvalue weighted by Crippen LogP contribution is -2.21. The van der Waals surface area contributed by atoms with E-state index in [9.17, 15) is 0 Å². The molecule has 3 heterocycles. The van der Waals surface area contributed by atoms with Crippen LogP contribution in [-0.4, -0.2) is 44.9 Å². The number of rotatable bonds is 7. The van der Waals surface area contributed by atoms with Crippen LogP contribution in [0.15, 0.2) is 61.1 Å². The highest BCUT2D eigenvalue weighted by atomic mass is 15.3. The number of para-hydroxylation sites is 1. The molecule has 0 amide bonds. The van der Waals surface area contributed by atoms with Crippen molar-refractivity contribution in [3.05, 3.63) is 61.1 Å². The third-order valence-electron chi connectivity index (χ3n) is 4.69. The van der Waals surface area contributed by atoms with Gasteiger partial charge in [-0.15, -0.1) is 0 Å². The summed E-state index contributed by atoms with van der Waals surface area (Å²) in [4.78, 5) is 15.7. The minimum absolute atomic E-state index is 0.669. The summed E-state index contributed by atoms with van der Waals surface area (Å²) in [5, 5.41) is 8.74. The van der Waals surface area contributed by atoms with Gasteiger partial charge in [-0.2, -0.15) is 5.10 Å². The van der Waals surface area contributed by atoms with Gasteiger partial charge < -0.3 is 10.2 Å². The van der Waals surface area contributed by atoms with Crippen molar-refractivity contribution in [1.29, 1.82) is 0 Å². The van der Waals surface area contributed by atoms with Gasteiger partial charge in [0.2, 0.25) is 0 Å². The molecule has 7 nitrogen and oxygen atoms in total. The summed E-state index contributed by atoms with van der Waals surface area (Å²) in [6.07, 6.45) is 6.29. The van der Waals surface area contributed by atoms with Gasteiger partial charge in [0.05, 0.1) is 11.6 Å². The van der Waals surface area contributed by atoms with Gasteiger partial charge in [-0.3, -0.25) is 9.67 Å². The fourth-order valence-electron chi connectivity index (χ4n) is 3.12. The molecular weight excluding hydrogens is 350 g/mol. The Morgan fingerprint density at radius 1 is 1.04 bits per heavy atom. The lowest BCUT2D eigenvalue weighted by atomic mass is 10.2. The molecule has 0 radical (unpaired) electrons. The van der Waals surface area contributed by atoms with E-state index >= 15 is 0 Å². The SMILES string of the molecule is CN(CCCNc1nc(-c2ccncc2)nc2c1cnn2C)c1ccccc1. The fourth-order valence-corrected chi connectivity index (χ4v) is 3.12. The molecule has 0 aliphatic heterocycles. The molecular formula is C21H23N7. The van der Waals surface area contributed by atoms with E-state index in [0.717, 1.165) is 41.9 Å². The maximum atomic E-state index is 4.74. The number of benzene rings is 1. The molecule has 0 saturated carbocycles. The van der Waals surface area contributed by atoms with E-state index in [1.807, 2.05) is 31.4 Å². The fraction of sp³-hybridized carbons (Fsp3) is 0.238. The van der Waals surface area contributed by atoms with Crippen LogP contribution >= 0.6 is 0 Å². The summed E-state index contributed by atoms with van der Waals surface area (Å²) in [7, 11) is 4.01. The van der Waals surface area contributed by atoms with Gasteiger partial charge in [0.15, 0.2) is 11.5 Å². The van der Waals surface area contributed by atoms with Gasteiger partial charge in [0.1, 0.15) is 5.82 Å². The predicted octanol–water partition coefficient (Wildman–Crippen LogP) is 3.36. The Balaban J connectivity index is 1.49. The zero-order valence-corrected chi connectivity index (χ0v) is 16.1. The molecule has 0 aliphatic rings. The first-order valence-corrected chi connectivity index (χ1v) is 9.32. The lowest BCUT2D eigenvalue weighted by Gasteiger charge is -2.19. The average molecular weight is 373 g/mol. The third-order valence-corrected chi connectivity index (χ3v) is 4.69. The highest BCUT2D eigenvalue weighted by Gasteiger charge is 2.12. The number of aryl methyl sites for hydroxylation is 1. The molecule has 3 aromatic heterocycles. The summed E-state index contributed by atoms with van der Waals surface area (Å²) < 4.78 is 1.77. The van der Waals surface area contributed by atoms with Crippen LogP contribution in [0, 0.1) is 0 Å². The summed E-state index contributed by atoms with van der Waals surface area (Å²) in [5.41, 5.74) is 2.97. The van der Waals surface area contributed by atoms with Gasteiger partial charge in [0.25, 0.3) is 0 Å². The largest absolute Gasteiger partial charge is 0.375 e. The van der Waals surface area contributed by atoms with Crippen molar-refractivity contribution in [1.82, 2.24) is 24.7 Å². The number of fused-ring (bicyclic) bond motifs is 1. The van der Waals surface area contributed by atoms with Crippen molar-refractivity contribution in [3.63, 3.8) is 0 Å². The van der Waals surface area contributed by atoms with E-state index in [4.69, 9.17) is 4.98 Å². The van der Waals surface area contributed by atoms with Crippen molar-refractivity contribution >= 4 is 22.5 Å². The van der Waals surface area contributed by atoms with Crippen molar-refractivity contribution in [3.8, 4) is 11.4 Å². The third kappa shape index (κ3) is 3.78. The second-order valence-electron chi connectivity index (χ2n) is 6.67. The van der Waals surface area contributed by atoms with Crippen LogP contribution in [0.2, 0.25) is 0 Å². The van der Waals surface area contributed by atoms with E-state index in [0.29, 0.717) is 5.82 Å². The maximum absolute atomic E-state index is 4.74. The summed E-state index contributed by atoms with van der Waals surface area (Å²) >= 11 is 0. The number of anilines is 2. The molecule has 4 rings (SSSR count). The highest BCUT2D eigenvalue weighted by molar-refractivity contribution is 5.88. The summed E-state index contributed by atoms with van der Waals surface area (Å²) in [6.45, 7) is 1.77. The summed E-state index contributed by atoms with van der Waals surface area (Å²) in [6, 6.07) is 14.2. The minimum Gasteiger partial charge on any atom is -0.375 e. The van der Waals surface area contributed by atoms with Crippen molar-refractivity contribution in [2.24, 2.45) is 7.05 Å². The molecule has 0 aliphatic carbocycles. The molecule has 7 heteroatoms. The average Bonchev–Trinajstić information content (AvgIpc) is 3.13. The van der Waals surface area contributed by atoms with Gasteiger partial charge >= 0.3 is 0 Å². The topological polar surface area (TPSA) is 71.8 Å². The Bertz CT molecular complexity index is 1040. The van der Waals surface area contributed by atoms with Crippen LogP contribution in [0.1, 0.15) is 6.42 Å². The minimum atomic E-state index is 0.669. The van der Waals surface area contributed by atoms with Crippen LogP contribution in [0.3, 0.4) is 0 Å². The first kappa shape index (κ1) is 17.9. The summed E-state index contributed by atoms with van der Waals surface area (Å²) in [5.74, 6) is 1.48. The van der Waals surface area contributed by atoms with Crippen LogP contribution in [-0.2, 0) is 7.05 Å². The maximum Gasteiger partial charge on any atom is 0.164 e. The second kappa shape index (κ2) is 8.04. The monoisotopic (exact) mass is 373 g/mol. The van der Waals surface area contributed by atoms with Crippen LogP contribution < -0.4 is 10.2 Å². The van der Waals surface area contributed by atoms with E-state index in [2.05, 4.69) is 56.6 Å². The zero-order chi connectivity index (χ0) is 19.3. The Kier molecular flexibility index (Phi) is 5.14. The van der Waals surface area contributed by atoms with Gasteiger partial charge in [-0.25, -0.2) is 9.97 Å². The first-order valence-electron chi connectivity index (χ1n) is 9.32. The van der Waals surface area contributed by atoms with Gasteiger partial charge in [-0.1, -0.05) is 18.2 Å². The Hall–Kier alpha value is -3.48. The standard InChI is InChI=1S/C21H23N7/c1-27(17-7-4-3-5-8-17)14-6-11-23-20-18-15-24-28(2)21(18)26-19(25-20)16-9-12-22-13-10-16/h3-5,7-10,12-13,15H,6,11,14H2,1-2H3,(H,23,25,26). The van der Waals surface area contributed by atoms with Gasteiger partial charge in [-0.05, 0) is 30.7 Å². The van der Waals surface area contributed by atoms with Crippen molar-refractivity contribution < 1.29 is 0 Å². The normalized spacial score (nSPS) is 10.9. The van der Waals surface area contributed by atoms with Crippen molar-refractivity contribution in [2.45, 2.75) is 6.42 Å². The molecule has 0 saturated heterocycles. The van der Waals surface area contributed by atoms with Crippen LogP contribution in [0.25, 0.3) is 22.4 Å². The number of hydrogen-bond acceptors (Lipinski definition) is 6.